The Morgan fingerprint density at radius 3 is 2.44 bits per heavy atom. The minimum Gasteiger partial charge on any atom is -0.364 e. The third-order valence-electron chi connectivity index (χ3n) is 4.74. The van der Waals surface area contributed by atoms with Crippen molar-refractivity contribution in [1.29, 1.82) is 0 Å². The Labute approximate surface area is 179 Å². The highest BCUT2D eigenvalue weighted by Crippen LogP contribution is 2.13. The van der Waals surface area contributed by atoms with Crippen LogP contribution >= 0.6 is 24.0 Å². The molecule has 0 bridgehead atoms. The Bertz CT molecular complexity index is 654. The van der Waals surface area contributed by atoms with Gasteiger partial charge in [0, 0.05) is 45.3 Å². The van der Waals surface area contributed by atoms with E-state index in [4.69, 9.17) is 9.52 Å². The van der Waals surface area contributed by atoms with Crippen LogP contribution in [-0.4, -0.2) is 68.0 Å². The van der Waals surface area contributed by atoms with Crippen LogP contribution in [0.15, 0.2) is 21.8 Å². The van der Waals surface area contributed by atoms with Gasteiger partial charge < -0.3 is 14.7 Å². The van der Waals surface area contributed by atoms with Crippen molar-refractivity contribution in [2.45, 2.75) is 39.4 Å². The zero-order valence-electron chi connectivity index (χ0n) is 16.4. The summed E-state index contributed by atoms with van der Waals surface area (Å²) < 4.78 is 31.3. The molecule has 1 N–H and O–H groups in total. The van der Waals surface area contributed by atoms with E-state index in [1.165, 1.54) is 10.6 Å². The molecule has 2 rings (SSSR count). The van der Waals surface area contributed by atoms with Crippen molar-refractivity contribution in [2.24, 2.45) is 10.9 Å². The van der Waals surface area contributed by atoms with Crippen LogP contribution in [-0.2, 0) is 15.8 Å². The molecule has 0 spiro atoms. The van der Waals surface area contributed by atoms with E-state index in [1.807, 2.05) is 6.92 Å². The molecule has 8 nitrogen and oxygen atoms in total. The van der Waals surface area contributed by atoms with E-state index in [2.05, 4.69) is 29.2 Å². The van der Waals surface area contributed by atoms with Crippen molar-refractivity contribution in [3.8, 4) is 0 Å². The molecule has 0 unspecified atom stereocenters. The monoisotopic (exact) mass is 513 g/mol. The van der Waals surface area contributed by atoms with Gasteiger partial charge in [0.25, 0.3) is 0 Å². The summed E-state index contributed by atoms with van der Waals surface area (Å²) >= 11 is 0. The first-order chi connectivity index (χ1) is 12.5. The minimum absolute atomic E-state index is 0. The van der Waals surface area contributed by atoms with E-state index < -0.39 is 10.0 Å². The molecule has 1 saturated heterocycles. The summed E-state index contributed by atoms with van der Waals surface area (Å²) in [5.74, 6) is 1.35. The van der Waals surface area contributed by atoms with Crippen LogP contribution < -0.4 is 5.32 Å². The lowest BCUT2D eigenvalue weighted by Gasteiger charge is -2.35. The highest BCUT2D eigenvalue weighted by molar-refractivity contribution is 14.0. The molecule has 1 fully saturated rings. The van der Waals surface area contributed by atoms with Crippen LogP contribution in [0.3, 0.4) is 0 Å². The molecule has 1 aromatic heterocycles. The van der Waals surface area contributed by atoms with Gasteiger partial charge in [0.05, 0.1) is 5.69 Å². The van der Waals surface area contributed by atoms with Gasteiger partial charge in [0.15, 0.2) is 5.96 Å². The maximum atomic E-state index is 12.5. The number of hydrogen-bond donors (Lipinski definition) is 1. The highest BCUT2D eigenvalue weighted by Gasteiger charge is 2.29. The normalized spacial score (nSPS) is 16.4. The van der Waals surface area contributed by atoms with Crippen molar-refractivity contribution >= 4 is 40.0 Å². The number of halogens is 1. The van der Waals surface area contributed by atoms with Gasteiger partial charge in [0.1, 0.15) is 12.0 Å². The van der Waals surface area contributed by atoms with Gasteiger partial charge in [-0.15, -0.1) is 24.0 Å². The first-order valence-electron chi connectivity index (χ1n) is 9.40. The van der Waals surface area contributed by atoms with E-state index in [9.17, 15) is 8.42 Å². The molecule has 0 saturated carbocycles. The van der Waals surface area contributed by atoms with Gasteiger partial charge in [-0.3, -0.25) is 4.99 Å². The fraction of sp³-hybridized carbons (Fsp3) is 0.765. The zero-order valence-corrected chi connectivity index (χ0v) is 19.6. The summed E-state index contributed by atoms with van der Waals surface area (Å²) in [6, 6.07) is 1.58. The van der Waals surface area contributed by atoms with E-state index >= 15 is 0 Å². The number of aliphatic imine (C=N–C) groups is 1. The van der Waals surface area contributed by atoms with Crippen LogP contribution in [0, 0.1) is 5.92 Å². The molecule has 0 amide bonds. The van der Waals surface area contributed by atoms with Crippen LogP contribution in [0.25, 0.3) is 0 Å². The maximum absolute atomic E-state index is 12.5. The second-order valence-electron chi connectivity index (χ2n) is 6.51. The summed E-state index contributed by atoms with van der Waals surface area (Å²) in [5, 5.41) is 7.03. The molecule has 1 aliphatic rings. The van der Waals surface area contributed by atoms with Crippen molar-refractivity contribution in [1.82, 2.24) is 19.7 Å². The second-order valence-corrected chi connectivity index (χ2v) is 8.48. The van der Waals surface area contributed by atoms with E-state index in [0.717, 1.165) is 31.9 Å². The van der Waals surface area contributed by atoms with Gasteiger partial charge in [0.2, 0.25) is 10.0 Å². The number of piperazine rings is 1. The van der Waals surface area contributed by atoms with E-state index in [1.54, 1.807) is 6.07 Å². The van der Waals surface area contributed by atoms with Gasteiger partial charge in [-0.05, 0) is 12.8 Å². The number of sulfonamides is 1. The molecule has 27 heavy (non-hydrogen) atoms. The maximum Gasteiger partial charge on any atom is 0.220 e. The molecule has 1 aromatic rings. The van der Waals surface area contributed by atoms with Crippen LogP contribution in [0.5, 0.6) is 0 Å². The lowest BCUT2D eigenvalue weighted by molar-refractivity contribution is 0.259. The van der Waals surface area contributed by atoms with Crippen molar-refractivity contribution in [3.63, 3.8) is 0 Å². The quantitative estimate of drug-likeness (QED) is 0.326. The zero-order chi connectivity index (χ0) is 19.0. The van der Waals surface area contributed by atoms with Crippen molar-refractivity contribution in [2.75, 3.05) is 39.3 Å². The third kappa shape index (κ3) is 7.22. The van der Waals surface area contributed by atoms with E-state index in [0.29, 0.717) is 37.8 Å². The number of nitrogens with zero attached hydrogens (tertiary/aromatic N) is 4. The molecule has 10 heteroatoms. The smallest absolute Gasteiger partial charge is 0.220 e. The molecule has 0 radical (unpaired) electrons. The Morgan fingerprint density at radius 1 is 1.26 bits per heavy atom. The molecular formula is C17H32IN5O3S. The third-order valence-corrected chi connectivity index (χ3v) is 6.55. The molecule has 0 atom stereocenters. The Morgan fingerprint density at radius 2 is 1.93 bits per heavy atom. The van der Waals surface area contributed by atoms with Gasteiger partial charge in [-0.2, -0.15) is 4.31 Å². The minimum atomic E-state index is -3.38. The highest BCUT2D eigenvalue weighted by atomic mass is 127. The van der Waals surface area contributed by atoms with Crippen molar-refractivity contribution < 1.29 is 12.9 Å². The predicted octanol–water partition coefficient (Wildman–Crippen LogP) is 2.14. The van der Waals surface area contributed by atoms with Crippen molar-refractivity contribution in [3.05, 3.63) is 18.0 Å². The fourth-order valence-corrected chi connectivity index (χ4v) is 4.38. The second kappa shape index (κ2) is 11.8. The summed E-state index contributed by atoms with van der Waals surface area (Å²) in [4.78, 5) is 6.92. The molecule has 156 valence electrons. The lowest BCUT2D eigenvalue weighted by Crippen LogP contribution is -2.54. The van der Waals surface area contributed by atoms with Gasteiger partial charge >= 0.3 is 0 Å². The van der Waals surface area contributed by atoms with Crippen LogP contribution in [0.1, 0.15) is 39.3 Å². The molecular weight excluding hydrogens is 481 g/mol. The van der Waals surface area contributed by atoms with E-state index in [-0.39, 0.29) is 29.7 Å². The first-order valence-corrected chi connectivity index (χ1v) is 11.0. The van der Waals surface area contributed by atoms with Gasteiger partial charge in [-0.25, -0.2) is 8.42 Å². The SMILES string of the molecule is CCNC(=NCC(CC)CC)N1CCN(S(=O)(=O)Cc2ccon2)CC1.I. The van der Waals surface area contributed by atoms with Crippen LogP contribution in [0.2, 0.25) is 0 Å². The summed E-state index contributed by atoms with van der Waals surface area (Å²) in [6.07, 6.45) is 3.63. The number of guanidine groups is 1. The standard InChI is InChI=1S/C17H31N5O3S.HI/c1-4-15(5-2)13-19-17(18-6-3)21-8-10-22(11-9-21)26(23,24)14-16-7-12-25-20-16;/h7,12,15H,4-6,8-11,13-14H2,1-3H3,(H,18,19);1H. The Balaban J connectivity index is 0.00000364. The first kappa shape index (κ1) is 24.2. The van der Waals surface area contributed by atoms with Gasteiger partial charge in [-0.1, -0.05) is 31.8 Å². The number of hydrogen-bond acceptors (Lipinski definition) is 5. The molecule has 0 aromatic carbocycles. The largest absolute Gasteiger partial charge is 0.364 e. The fourth-order valence-electron chi connectivity index (χ4n) is 2.96. The Hall–Kier alpha value is -0.880. The Kier molecular flexibility index (Phi) is 10.6. The summed E-state index contributed by atoms with van der Waals surface area (Å²) in [6.45, 7) is 10.2. The number of rotatable bonds is 8. The average molecular weight is 513 g/mol. The summed E-state index contributed by atoms with van der Waals surface area (Å²) in [7, 11) is -3.38. The predicted molar refractivity (Wildman–Crippen MR) is 118 cm³/mol. The number of nitrogens with one attached hydrogen (secondary N) is 1. The van der Waals surface area contributed by atoms with Crippen LogP contribution in [0.4, 0.5) is 0 Å². The lowest BCUT2D eigenvalue weighted by atomic mass is 10.0. The molecule has 0 aliphatic carbocycles. The average Bonchev–Trinajstić information content (AvgIpc) is 3.14. The molecule has 2 heterocycles. The summed E-state index contributed by atoms with van der Waals surface area (Å²) in [5.41, 5.74) is 0.438. The number of aromatic nitrogens is 1. The molecule has 1 aliphatic heterocycles. The topological polar surface area (TPSA) is 91.0 Å².